The first-order valence-corrected chi connectivity index (χ1v) is 6.66. The van der Waals surface area contributed by atoms with Crippen LogP contribution in [0.2, 0.25) is 0 Å². The van der Waals surface area contributed by atoms with Crippen LogP contribution in [0.15, 0.2) is 18.2 Å². The molecule has 0 unspecified atom stereocenters. The SMILES string of the molecule is NNc1c(C(=O)NN2CCCCC2)cccc1C(F)(F)F. The number of nitrogen functional groups attached to an aromatic ring is 1. The molecule has 1 aliphatic rings. The Hall–Kier alpha value is -1.80. The monoisotopic (exact) mass is 302 g/mol. The maximum absolute atomic E-state index is 12.9. The molecule has 1 saturated heterocycles. The summed E-state index contributed by atoms with van der Waals surface area (Å²) in [6.07, 6.45) is -1.59. The lowest BCUT2D eigenvalue weighted by Crippen LogP contribution is -2.45. The van der Waals surface area contributed by atoms with E-state index in [9.17, 15) is 18.0 Å². The molecule has 0 atom stereocenters. The third-order valence-corrected chi connectivity index (χ3v) is 3.37. The lowest BCUT2D eigenvalue weighted by molar-refractivity contribution is -0.137. The summed E-state index contributed by atoms with van der Waals surface area (Å²) in [5.41, 5.74) is 3.10. The van der Waals surface area contributed by atoms with Crippen LogP contribution in [-0.4, -0.2) is 24.0 Å². The fraction of sp³-hybridized carbons (Fsp3) is 0.462. The van der Waals surface area contributed by atoms with Crippen LogP contribution in [0.25, 0.3) is 0 Å². The average Bonchev–Trinajstić information content (AvgIpc) is 2.46. The third kappa shape index (κ3) is 3.64. The second-order valence-corrected chi connectivity index (χ2v) is 4.86. The number of nitrogens with two attached hydrogens (primary N) is 1. The van der Waals surface area contributed by atoms with E-state index in [-0.39, 0.29) is 5.56 Å². The van der Waals surface area contributed by atoms with Crippen molar-refractivity contribution in [3.8, 4) is 0 Å². The number of nitrogens with zero attached hydrogens (tertiary/aromatic N) is 1. The van der Waals surface area contributed by atoms with Crippen molar-refractivity contribution in [2.24, 2.45) is 5.84 Å². The molecular weight excluding hydrogens is 285 g/mol. The number of piperidine rings is 1. The Bertz CT molecular complexity index is 513. The minimum absolute atomic E-state index is 0.127. The number of hydrogen-bond acceptors (Lipinski definition) is 4. The van der Waals surface area contributed by atoms with Crippen LogP contribution in [0.1, 0.15) is 35.2 Å². The second kappa shape index (κ2) is 6.31. The predicted molar refractivity (Wildman–Crippen MR) is 72.1 cm³/mol. The highest BCUT2D eigenvalue weighted by molar-refractivity contribution is 6.00. The van der Waals surface area contributed by atoms with E-state index in [0.29, 0.717) is 13.1 Å². The highest BCUT2D eigenvalue weighted by atomic mass is 19.4. The van der Waals surface area contributed by atoms with Crippen LogP contribution in [0.3, 0.4) is 0 Å². The molecule has 21 heavy (non-hydrogen) atoms. The highest BCUT2D eigenvalue weighted by Gasteiger charge is 2.35. The Kier molecular flexibility index (Phi) is 4.69. The van der Waals surface area contributed by atoms with Crippen molar-refractivity contribution >= 4 is 11.6 Å². The summed E-state index contributed by atoms with van der Waals surface area (Å²) in [5.74, 6) is 4.57. The zero-order valence-corrected chi connectivity index (χ0v) is 11.3. The second-order valence-electron chi connectivity index (χ2n) is 4.86. The van der Waals surface area contributed by atoms with Gasteiger partial charge >= 0.3 is 6.18 Å². The predicted octanol–water partition coefficient (Wildman–Crippen LogP) is 2.12. The molecule has 0 aliphatic carbocycles. The van der Waals surface area contributed by atoms with Gasteiger partial charge in [0.2, 0.25) is 0 Å². The number of carbonyl (C=O) groups is 1. The molecule has 1 aromatic carbocycles. The number of carbonyl (C=O) groups excluding carboxylic acids is 1. The molecule has 1 amide bonds. The average molecular weight is 302 g/mol. The summed E-state index contributed by atoms with van der Waals surface area (Å²) < 4.78 is 38.7. The van der Waals surface area contributed by atoms with Gasteiger partial charge in [-0.2, -0.15) is 13.2 Å². The van der Waals surface area contributed by atoms with Gasteiger partial charge in [0.15, 0.2) is 0 Å². The minimum Gasteiger partial charge on any atom is -0.323 e. The van der Waals surface area contributed by atoms with Gasteiger partial charge in [-0.05, 0) is 25.0 Å². The normalized spacial score (nSPS) is 16.6. The molecule has 0 spiro atoms. The van der Waals surface area contributed by atoms with E-state index in [1.807, 2.05) is 5.43 Å². The molecule has 5 nitrogen and oxygen atoms in total. The van der Waals surface area contributed by atoms with Crippen molar-refractivity contribution in [2.75, 3.05) is 18.5 Å². The van der Waals surface area contributed by atoms with Crippen molar-refractivity contribution in [1.82, 2.24) is 10.4 Å². The smallest absolute Gasteiger partial charge is 0.323 e. The summed E-state index contributed by atoms with van der Waals surface area (Å²) in [5, 5.41) is 1.71. The van der Waals surface area contributed by atoms with E-state index in [1.165, 1.54) is 12.1 Å². The number of hydrogen-bond donors (Lipinski definition) is 3. The number of alkyl halides is 3. The quantitative estimate of drug-likeness (QED) is 0.591. The molecule has 0 radical (unpaired) electrons. The molecule has 1 fully saturated rings. The van der Waals surface area contributed by atoms with Crippen LogP contribution in [-0.2, 0) is 6.18 Å². The van der Waals surface area contributed by atoms with E-state index in [1.54, 1.807) is 5.01 Å². The Morgan fingerprint density at radius 3 is 2.43 bits per heavy atom. The zero-order chi connectivity index (χ0) is 15.5. The van der Waals surface area contributed by atoms with Crippen LogP contribution in [0.5, 0.6) is 0 Å². The first-order chi connectivity index (χ1) is 9.93. The van der Waals surface area contributed by atoms with Crippen molar-refractivity contribution in [2.45, 2.75) is 25.4 Å². The van der Waals surface area contributed by atoms with E-state index in [2.05, 4.69) is 5.43 Å². The first-order valence-electron chi connectivity index (χ1n) is 6.66. The van der Waals surface area contributed by atoms with Crippen molar-refractivity contribution in [3.05, 3.63) is 29.3 Å². The largest absolute Gasteiger partial charge is 0.418 e. The maximum Gasteiger partial charge on any atom is 0.418 e. The van der Waals surface area contributed by atoms with Crippen molar-refractivity contribution < 1.29 is 18.0 Å². The van der Waals surface area contributed by atoms with Gasteiger partial charge in [-0.15, -0.1) is 0 Å². The summed E-state index contributed by atoms with van der Waals surface area (Å²) in [6, 6.07) is 3.38. The number of nitrogens with one attached hydrogen (secondary N) is 2. The molecule has 1 aromatic rings. The summed E-state index contributed by atoms with van der Waals surface area (Å²) in [6.45, 7) is 1.38. The molecule has 2 rings (SSSR count). The van der Waals surface area contributed by atoms with Crippen LogP contribution in [0, 0.1) is 0 Å². The molecule has 0 bridgehead atoms. The van der Waals surface area contributed by atoms with Gasteiger partial charge in [-0.1, -0.05) is 12.5 Å². The summed E-state index contributed by atoms with van der Waals surface area (Å²) >= 11 is 0. The fourth-order valence-electron chi connectivity index (χ4n) is 2.34. The maximum atomic E-state index is 12.9. The molecule has 4 N–H and O–H groups in total. The molecule has 0 aromatic heterocycles. The number of halogens is 3. The number of benzene rings is 1. The molecule has 1 heterocycles. The summed E-state index contributed by atoms with van der Waals surface area (Å²) in [4.78, 5) is 12.2. The topological polar surface area (TPSA) is 70.4 Å². The molecule has 116 valence electrons. The van der Waals surface area contributed by atoms with E-state index < -0.39 is 23.3 Å². The first kappa shape index (κ1) is 15.6. The number of anilines is 1. The number of amides is 1. The lowest BCUT2D eigenvalue weighted by Gasteiger charge is -2.27. The van der Waals surface area contributed by atoms with Gasteiger partial charge in [0.1, 0.15) is 0 Å². The highest BCUT2D eigenvalue weighted by Crippen LogP contribution is 2.36. The van der Waals surface area contributed by atoms with Gasteiger partial charge < -0.3 is 5.43 Å². The Balaban J connectivity index is 2.24. The number of para-hydroxylation sites is 1. The Labute approximate surface area is 120 Å². The van der Waals surface area contributed by atoms with Crippen LogP contribution < -0.4 is 16.7 Å². The van der Waals surface area contributed by atoms with E-state index in [0.717, 1.165) is 25.3 Å². The van der Waals surface area contributed by atoms with Crippen molar-refractivity contribution in [1.29, 1.82) is 0 Å². The lowest BCUT2D eigenvalue weighted by atomic mass is 10.1. The van der Waals surface area contributed by atoms with Crippen molar-refractivity contribution in [3.63, 3.8) is 0 Å². The van der Waals surface area contributed by atoms with Gasteiger partial charge in [0, 0.05) is 13.1 Å². The number of rotatable bonds is 3. The van der Waals surface area contributed by atoms with Gasteiger partial charge in [-0.25, -0.2) is 5.01 Å². The molecule has 1 aliphatic heterocycles. The van der Waals surface area contributed by atoms with Gasteiger partial charge in [-0.3, -0.25) is 16.1 Å². The standard InChI is InChI=1S/C13H17F3N4O/c14-13(15,16)10-6-4-5-9(11(10)18-17)12(21)19-20-7-2-1-3-8-20/h4-6,18H,1-3,7-8,17H2,(H,19,21). The fourth-order valence-corrected chi connectivity index (χ4v) is 2.34. The summed E-state index contributed by atoms with van der Waals surface area (Å²) in [7, 11) is 0. The van der Waals surface area contributed by atoms with Gasteiger partial charge in [0.05, 0.1) is 16.8 Å². The van der Waals surface area contributed by atoms with Crippen LogP contribution >= 0.6 is 0 Å². The molecule has 8 heteroatoms. The van der Waals surface area contributed by atoms with E-state index >= 15 is 0 Å². The Morgan fingerprint density at radius 2 is 1.86 bits per heavy atom. The van der Waals surface area contributed by atoms with Gasteiger partial charge in [0.25, 0.3) is 5.91 Å². The zero-order valence-electron chi connectivity index (χ0n) is 11.3. The molecular formula is C13H17F3N4O. The van der Waals surface area contributed by atoms with E-state index in [4.69, 9.17) is 5.84 Å². The Morgan fingerprint density at radius 1 is 1.19 bits per heavy atom. The third-order valence-electron chi connectivity index (χ3n) is 3.37. The number of hydrazine groups is 2. The minimum atomic E-state index is -4.58. The molecule has 0 saturated carbocycles. The van der Waals surface area contributed by atoms with Crippen LogP contribution in [0.4, 0.5) is 18.9 Å².